The molecule has 0 aliphatic carbocycles. The minimum atomic E-state index is -1.72. The number of carbonyl (C=O) groups is 1. The zero-order valence-electron chi connectivity index (χ0n) is 18.1. The molecule has 172 valence electrons. The van der Waals surface area contributed by atoms with Gasteiger partial charge in [-0.15, -0.1) is 22.7 Å². The van der Waals surface area contributed by atoms with E-state index in [1.165, 1.54) is 22.7 Å². The van der Waals surface area contributed by atoms with Crippen molar-refractivity contribution in [2.45, 2.75) is 68.8 Å². The molecule has 0 aromatic carbocycles. The third-order valence-corrected chi connectivity index (χ3v) is 8.32. The number of aliphatic hydroxyl groups is 2. The third kappa shape index (κ3) is 4.51. The second-order valence-corrected chi connectivity index (χ2v) is 11.0. The predicted molar refractivity (Wildman–Crippen MR) is 116 cm³/mol. The molecule has 2 aromatic rings. The number of hydrogen-bond donors (Lipinski definition) is 2. The van der Waals surface area contributed by atoms with E-state index in [0.29, 0.717) is 34.0 Å². The van der Waals surface area contributed by atoms with Crippen LogP contribution in [0.4, 0.5) is 0 Å². The van der Waals surface area contributed by atoms with Crippen molar-refractivity contribution in [1.82, 2.24) is 0 Å². The molecular formula is C22H30BrNO5S2. The molecule has 3 fully saturated rings. The maximum absolute atomic E-state index is 13.1. The van der Waals surface area contributed by atoms with Crippen molar-refractivity contribution < 1.29 is 45.9 Å². The van der Waals surface area contributed by atoms with Crippen molar-refractivity contribution >= 4 is 28.6 Å². The van der Waals surface area contributed by atoms with Crippen LogP contribution in [0.3, 0.4) is 0 Å². The Labute approximate surface area is 201 Å². The van der Waals surface area contributed by atoms with Crippen LogP contribution in [0.1, 0.15) is 36.4 Å². The fraction of sp³-hybridized carbons (Fsp3) is 0.591. The van der Waals surface area contributed by atoms with Crippen LogP contribution in [0, 0.1) is 0 Å². The van der Waals surface area contributed by atoms with Crippen LogP contribution >= 0.6 is 22.7 Å². The number of hydrogen-bond acceptors (Lipinski definition) is 7. The van der Waals surface area contributed by atoms with E-state index in [2.05, 4.69) is 14.1 Å². The van der Waals surface area contributed by atoms with Crippen LogP contribution in [0.15, 0.2) is 35.0 Å². The minimum absolute atomic E-state index is 0. The third-order valence-electron chi connectivity index (χ3n) is 6.36. The van der Waals surface area contributed by atoms with Gasteiger partial charge in [-0.1, -0.05) is 12.1 Å². The normalized spacial score (nSPS) is 30.0. The molecule has 3 aliphatic rings. The monoisotopic (exact) mass is 531 g/mol. The standard InChI is InChI=1S/C19H22NO4S2.C3H8O.BrH/c1-20(2)12-9-11(10-13(20)17-16(12)24-17)23-18(21)19(22,14-5-3-7-25-14)15-6-4-8-26-15;1-3(2)4;/h3-8,11-13,16-17,22H,9-10H2,1-2H3;3-4H,1-2H3;1H/q+1;;/p-1/t11-,12-,13+,16-,17+;;. The number of thiophene rings is 2. The van der Waals surface area contributed by atoms with Crippen LogP contribution in [-0.4, -0.2) is 71.3 Å². The van der Waals surface area contributed by atoms with Gasteiger partial charge in [-0.3, -0.25) is 0 Å². The summed E-state index contributed by atoms with van der Waals surface area (Å²) in [4.78, 5) is 14.3. The molecular weight excluding hydrogens is 502 g/mol. The number of aliphatic hydroxyl groups excluding tert-OH is 1. The van der Waals surface area contributed by atoms with E-state index in [1.807, 2.05) is 22.9 Å². The Morgan fingerprint density at radius 3 is 1.97 bits per heavy atom. The maximum atomic E-state index is 13.1. The van der Waals surface area contributed by atoms with Gasteiger partial charge in [0.2, 0.25) is 5.60 Å². The number of ether oxygens (including phenoxy) is 2. The molecule has 5 rings (SSSR count). The number of epoxide rings is 1. The van der Waals surface area contributed by atoms with Crippen LogP contribution < -0.4 is 17.0 Å². The number of carbonyl (C=O) groups excluding carboxylic acids is 1. The summed E-state index contributed by atoms with van der Waals surface area (Å²) >= 11 is 2.74. The summed E-state index contributed by atoms with van der Waals surface area (Å²) in [7, 11) is 4.49. The van der Waals surface area contributed by atoms with Crippen molar-refractivity contribution in [3.8, 4) is 0 Å². The van der Waals surface area contributed by atoms with Gasteiger partial charge in [0.1, 0.15) is 30.4 Å². The van der Waals surface area contributed by atoms with Gasteiger partial charge in [-0.05, 0) is 36.7 Å². The average Bonchev–Trinajstić information content (AvgIpc) is 3.02. The Hall–Kier alpha value is -0.810. The first kappa shape index (κ1) is 24.8. The van der Waals surface area contributed by atoms with Gasteiger partial charge in [0, 0.05) is 18.9 Å². The highest BCUT2D eigenvalue weighted by molar-refractivity contribution is 7.12. The van der Waals surface area contributed by atoms with E-state index in [0.717, 1.165) is 17.3 Å². The second-order valence-electron chi connectivity index (χ2n) is 9.09. The zero-order chi connectivity index (χ0) is 21.7. The zero-order valence-corrected chi connectivity index (χ0v) is 21.3. The first-order valence-electron chi connectivity index (χ1n) is 10.3. The topological polar surface area (TPSA) is 79.3 Å². The first-order valence-corrected chi connectivity index (χ1v) is 12.1. The van der Waals surface area contributed by atoms with Gasteiger partial charge in [0.15, 0.2) is 0 Å². The number of nitrogens with zero attached hydrogens (tertiary/aromatic N) is 1. The van der Waals surface area contributed by atoms with E-state index in [-0.39, 0.29) is 29.2 Å². The highest BCUT2D eigenvalue weighted by atomic mass is 79.9. The predicted octanol–water partition coefficient (Wildman–Crippen LogP) is -0.263. The van der Waals surface area contributed by atoms with Crippen molar-refractivity contribution in [2.24, 2.45) is 0 Å². The molecule has 6 nitrogen and oxygen atoms in total. The highest BCUT2D eigenvalue weighted by Gasteiger charge is 2.71. The van der Waals surface area contributed by atoms with Gasteiger partial charge < -0.3 is 41.2 Å². The van der Waals surface area contributed by atoms with Crippen molar-refractivity contribution in [1.29, 1.82) is 0 Å². The lowest BCUT2D eigenvalue weighted by Gasteiger charge is -2.45. The summed E-state index contributed by atoms with van der Waals surface area (Å²) in [5.74, 6) is -0.561. The maximum Gasteiger partial charge on any atom is 0.349 e. The first-order chi connectivity index (χ1) is 14.2. The molecule has 3 aliphatic heterocycles. The number of rotatable bonds is 4. The Balaban J connectivity index is 0.000000504. The lowest BCUT2D eigenvalue weighted by Crippen LogP contribution is -3.00. The fourth-order valence-electron chi connectivity index (χ4n) is 4.83. The van der Waals surface area contributed by atoms with E-state index < -0.39 is 11.6 Å². The number of quaternary nitrogens is 1. The molecule has 0 saturated carbocycles. The van der Waals surface area contributed by atoms with Crippen molar-refractivity contribution in [3.63, 3.8) is 0 Å². The fourth-order valence-corrected chi connectivity index (χ4v) is 6.54. The minimum Gasteiger partial charge on any atom is -1.00 e. The molecule has 5 atom stereocenters. The average molecular weight is 533 g/mol. The number of likely N-dealkylation sites (N-methyl/N-ethyl adjacent to an activating group) is 1. The quantitative estimate of drug-likeness (QED) is 0.322. The van der Waals surface area contributed by atoms with Crippen LogP contribution in [0.2, 0.25) is 0 Å². The second kappa shape index (κ2) is 9.21. The number of halogens is 1. The van der Waals surface area contributed by atoms with Gasteiger partial charge >= 0.3 is 5.97 Å². The Kier molecular flexibility index (Phi) is 7.37. The summed E-state index contributed by atoms with van der Waals surface area (Å²) in [6.45, 7) is 3.44. The van der Waals surface area contributed by atoms with Gasteiger partial charge in [-0.2, -0.15) is 0 Å². The number of fused-ring (bicyclic) bond motifs is 5. The SMILES string of the molecule is CC(C)O.C[N+]1(C)[C@@H]2C[C@@H](OC(=O)C(O)(c3cccs3)c3cccs3)C[C@H]1[C@@H]1O[C@@H]12.[Br-]. The Bertz CT molecular complexity index is 814. The number of esters is 1. The number of morpholine rings is 1. The molecule has 9 heteroatoms. The molecule has 31 heavy (non-hydrogen) atoms. The molecule has 5 heterocycles. The molecule has 0 spiro atoms. The van der Waals surface area contributed by atoms with Gasteiger partial charge in [-0.25, -0.2) is 4.79 Å². The Morgan fingerprint density at radius 1 is 1.13 bits per heavy atom. The highest BCUT2D eigenvalue weighted by Crippen LogP contribution is 2.52. The van der Waals surface area contributed by atoms with E-state index in [9.17, 15) is 9.90 Å². The molecule has 0 amide bonds. The molecule has 3 saturated heterocycles. The van der Waals surface area contributed by atoms with E-state index >= 15 is 0 Å². The van der Waals surface area contributed by atoms with Crippen LogP contribution in [0.25, 0.3) is 0 Å². The lowest BCUT2D eigenvalue weighted by atomic mass is 9.95. The molecule has 0 radical (unpaired) electrons. The lowest BCUT2D eigenvalue weighted by molar-refractivity contribution is -0.938. The summed E-state index contributed by atoms with van der Waals surface area (Å²) in [6, 6.07) is 8.01. The summed E-state index contributed by atoms with van der Waals surface area (Å²) in [5, 5.41) is 23.2. The summed E-state index contributed by atoms with van der Waals surface area (Å²) in [6.07, 6.45) is 1.88. The van der Waals surface area contributed by atoms with E-state index in [4.69, 9.17) is 14.6 Å². The summed E-state index contributed by atoms with van der Waals surface area (Å²) < 4.78 is 12.6. The van der Waals surface area contributed by atoms with E-state index in [1.54, 1.807) is 26.0 Å². The molecule has 0 unspecified atom stereocenters. The van der Waals surface area contributed by atoms with Gasteiger partial charge in [0.05, 0.1) is 23.8 Å². The molecule has 2 bridgehead atoms. The Morgan fingerprint density at radius 2 is 1.58 bits per heavy atom. The van der Waals surface area contributed by atoms with Crippen molar-refractivity contribution in [2.75, 3.05) is 14.1 Å². The molecule has 2 aromatic heterocycles. The van der Waals surface area contributed by atoms with Gasteiger partial charge in [0.25, 0.3) is 0 Å². The van der Waals surface area contributed by atoms with Crippen LogP contribution in [0.5, 0.6) is 0 Å². The smallest absolute Gasteiger partial charge is 0.349 e. The summed E-state index contributed by atoms with van der Waals surface area (Å²) in [5.41, 5.74) is -1.72. The van der Waals surface area contributed by atoms with Crippen LogP contribution in [-0.2, 0) is 19.9 Å². The largest absolute Gasteiger partial charge is 1.00 e. The van der Waals surface area contributed by atoms with Crippen molar-refractivity contribution in [3.05, 3.63) is 44.8 Å². The molecule has 2 N–H and O–H groups in total. The number of piperidine rings is 1.